The molecule has 17 heavy (non-hydrogen) atoms. The highest BCUT2D eigenvalue weighted by atomic mass is 16.5. The summed E-state index contributed by atoms with van der Waals surface area (Å²) >= 11 is 0. The number of amides is 2. The van der Waals surface area contributed by atoms with E-state index < -0.39 is 11.9 Å². The fourth-order valence-corrected chi connectivity index (χ4v) is 1.42. The van der Waals surface area contributed by atoms with E-state index in [1.54, 1.807) is 18.9 Å². The van der Waals surface area contributed by atoms with Gasteiger partial charge in [-0.3, -0.25) is 4.79 Å². The van der Waals surface area contributed by atoms with Crippen LogP contribution in [-0.2, 0) is 9.53 Å². The van der Waals surface area contributed by atoms with Gasteiger partial charge in [-0.05, 0) is 13.8 Å². The molecule has 0 heterocycles. The Kier molecular flexibility index (Phi) is 7.29. The molecule has 0 aromatic carbocycles. The molecular weight excluding hydrogens is 224 g/mol. The Balaban J connectivity index is 4.21. The van der Waals surface area contributed by atoms with Crippen molar-refractivity contribution in [3.63, 3.8) is 0 Å². The van der Waals surface area contributed by atoms with Crippen LogP contribution in [0.15, 0.2) is 0 Å². The second-order valence-electron chi connectivity index (χ2n) is 4.02. The molecule has 0 aliphatic heterocycles. The van der Waals surface area contributed by atoms with Gasteiger partial charge in [-0.25, -0.2) is 4.79 Å². The number of likely N-dealkylation sites (N-methyl/N-ethyl adjacent to an activating group) is 1. The topological polar surface area (TPSA) is 78.9 Å². The van der Waals surface area contributed by atoms with Gasteiger partial charge in [-0.15, -0.1) is 0 Å². The zero-order valence-electron chi connectivity index (χ0n) is 10.9. The number of carbonyl (C=O) groups excluding carboxylic acids is 1. The average molecular weight is 246 g/mol. The number of ether oxygens (including phenoxy) is 1. The standard InChI is InChI=1S/C11H22N2O4/c1-5-13(9(3)7-17-4)11(16)12-6-8(2)10(14)15/h8-9H,5-7H2,1-4H3,(H,12,16)(H,14,15). The summed E-state index contributed by atoms with van der Waals surface area (Å²) in [5.74, 6) is -1.51. The predicted molar refractivity (Wildman–Crippen MR) is 63.9 cm³/mol. The van der Waals surface area contributed by atoms with Gasteiger partial charge in [0.1, 0.15) is 0 Å². The van der Waals surface area contributed by atoms with Crippen LogP contribution in [0.3, 0.4) is 0 Å². The Labute approximate surface area is 102 Å². The molecule has 0 aliphatic carbocycles. The highest BCUT2D eigenvalue weighted by Gasteiger charge is 2.19. The van der Waals surface area contributed by atoms with Crippen molar-refractivity contribution >= 4 is 12.0 Å². The van der Waals surface area contributed by atoms with Gasteiger partial charge in [-0.2, -0.15) is 0 Å². The van der Waals surface area contributed by atoms with Gasteiger partial charge in [0.05, 0.1) is 18.6 Å². The van der Waals surface area contributed by atoms with Gasteiger partial charge in [0.25, 0.3) is 0 Å². The van der Waals surface area contributed by atoms with Crippen molar-refractivity contribution in [3.05, 3.63) is 0 Å². The molecule has 2 atom stereocenters. The van der Waals surface area contributed by atoms with Gasteiger partial charge < -0.3 is 20.1 Å². The molecule has 0 spiro atoms. The molecule has 0 fully saturated rings. The average Bonchev–Trinajstić information content (AvgIpc) is 2.26. The predicted octanol–water partition coefficient (Wildman–Crippen LogP) is 0.773. The molecule has 0 aliphatic rings. The van der Waals surface area contributed by atoms with Crippen LogP contribution in [0, 0.1) is 5.92 Å². The second-order valence-corrected chi connectivity index (χ2v) is 4.02. The van der Waals surface area contributed by atoms with Crippen LogP contribution >= 0.6 is 0 Å². The molecule has 0 bridgehead atoms. The highest BCUT2D eigenvalue weighted by molar-refractivity contribution is 5.76. The van der Waals surface area contributed by atoms with Crippen LogP contribution < -0.4 is 5.32 Å². The zero-order valence-corrected chi connectivity index (χ0v) is 10.9. The van der Waals surface area contributed by atoms with Crippen molar-refractivity contribution < 1.29 is 19.4 Å². The number of carboxylic acids is 1. The summed E-state index contributed by atoms with van der Waals surface area (Å²) in [6.45, 7) is 6.44. The molecule has 100 valence electrons. The van der Waals surface area contributed by atoms with Crippen LogP contribution in [0.2, 0.25) is 0 Å². The van der Waals surface area contributed by atoms with Crippen LogP contribution in [0.1, 0.15) is 20.8 Å². The molecule has 2 N–H and O–H groups in total. The first kappa shape index (κ1) is 15.7. The SMILES string of the molecule is CCN(C(=O)NCC(C)C(=O)O)C(C)COC. The second kappa shape index (κ2) is 7.89. The van der Waals surface area contributed by atoms with E-state index in [2.05, 4.69) is 5.32 Å². The molecule has 0 rings (SSSR count). The fraction of sp³-hybridized carbons (Fsp3) is 0.818. The number of methoxy groups -OCH3 is 1. The number of carboxylic acid groups (broad SMARTS) is 1. The maximum absolute atomic E-state index is 11.8. The maximum Gasteiger partial charge on any atom is 0.317 e. The van der Waals surface area contributed by atoms with Crippen molar-refractivity contribution in [2.45, 2.75) is 26.8 Å². The van der Waals surface area contributed by atoms with Crippen molar-refractivity contribution in [3.8, 4) is 0 Å². The minimum atomic E-state index is -0.918. The van der Waals surface area contributed by atoms with Crippen molar-refractivity contribution in [2.24, 2.45) is 5.92 Å². The van der Waals surface area contributed by atoms with E-state index in [1.165, 1.54) is 0 Å². The monoisotopic (exact) mass is 246 g/mol. The molecule has 0 saturated heterocycles. The quantitative estimate of drug-likeness (QED) is 0.695. The normalized spacial score (nSPS) is 13.9. The van der Waals surface area contributed by atoms with Crippen LogP contribution in [0.4, 0.5) is 4.79 Å². The molecule has 0 aromatic rings. The first-order valence-corrected chi connectivity index (χ1v) is 5.70. The Bertz CT molecular complexity index is 258. The lowest BCUT2D eigenvalue weighted by Crippen LogP contribution is -2.47. The van der Waals surface area contributed by atoms with Gasteiger partial charge in [0.15, 0.2) is 0 Å². The summed E-state index contributed by atoms with van der Waals surface area (Å²) in [5, 5.41) is 11.3. The Morgan fingerprint density at radius 2 is 2.00 bits per heavy atom. The minimum Gasteiger partial charge on any atom is -0.481 e. The van der Waals surface area contributed by atoms with Gasteiger partial charge in [0, 0.05) is 20.2 Å². The number of aliphatic carboxylic acids is 1. The first-order chi connectivity index (χ1) is 7.93. The number of hydrogen-bond donors (Lipinski definition) is 2. The number of nitrogens with one attached hydrogen (secondary N) is 1. The van der Waals surface area contributed by atoms with E-state index in [1.807, 2.05) is 13.8 Å². The highest BCUT2D eigenvalue weighted by Crippen LogP contribution is 2.01. The van der Waals surface area contributed by atoms with Gasteiger partial charge in [0.2, 0.25) is 0 Å². The smallest absolute Gasteiger partial charge is 0.317 e. The number of hydrogen-bond acceptors (Lipinski definition) is 3. The largest absolute Gasteiger partial charge is 0.481 e. The van der Waals surface area contributed by atoms with Gasteiger partial charge >= 0.3 is 12.0 Å². The summed E-state index contributed by atoms with van der Waals surface area (Å²) in [5.41, 5.74) is 0. The van der Waals surface area contributed by atoms with E-state index in [-0.39, 0.29) is 18.6 Å². The first-order valence-electron chi connectivity index (χ1n) is 5.70. The third-order valence-electron chi connectivity index (χ3n) is 2.52. The molecule has 2 amide bonds. The van der Waals surface area contributed by atoms with E-state index in [9.17, 15) is 9.59 Å². The lowest BCUT2D eigenvalue weighted by Gasteiger charge is -2.28. The molecule has 2 unspecified atom stereocenters. The van der Waals surface area contributed by atoms with Crippen LogP contribution in [-0.4, -0.2) is 54.9 Å². The number of carbonyl (C=O) groups is 2. The summed E-state index contributed by atoms with van der Waals surface area (Å²) in [7, 11) is 1.58. The summed E-state index contributed by atoms with van der Waals surface area (Å²) in [6.07, 6.45) is 0. The number of rotatable bonds is 7. The summed E-state index contributed by atoms with van der Waals surface area (Å²) in [6, 6.07) is -0.296. The third-order valence-corrected chi connectivity index (χ3v) is 2.52. The van der Waals surface area contributed by atoms with E-state index in [4.69, 9.17) is 9.84 Å². The Hall–Kier alpha value is -1.30. The summed E-state index contributed by atoms with van der Waals surface area (Å²) < 4.78 is 4.98. The molecule has 0 saturated carbocycles. The molecular formula is C11H22N2O4. The summed E-state index contributed by atoms with van der Waals surface area (Å²) in [4.78, 5) is 24.0. The van der Waals surface area contributed by atoms with Crippen molar-refractivity contribution in [1.29, 1.82) is 0 Å². The molecule has 0 radical (unpaired) electrons. The fourth-order valence-electron chi connectivity index (χ4n) is 1.42. The van der Waals surface area contributed by atoms with E-state index in [0.717, 1.165) is 0 Å². The molecule has 0 aromatic heterocycles. The Morgan fingerprint density at radius 1 is 1.41 bits per heavy atom. The van der Waals surface area contributed by atoms with Crippen molar-refractivity contribution in [2.75, 3.05) is 26.8 Å². The third kappa shape index (κ3) is 5.53. The lowest BCUT2D eigenvalue weighted by atomic mass is 10.2. The minimum absolute atomic E-state index is 0.0369. The molecule has 6 heteroatoms. The lowest BCUT2D eigenvalue weighted by molar-refractivity contribution is -0.140. The zero-order chi connectivity index (χ0) is 13.4. The Morgan fingerprint density at radius 3 is 2.41 bits per heavy atom. The van der Waals surface area contributed by atoms with E-state index >= 15 is 0 Å². The maximum atomic E-state index is 11.8. The van der Waals surface area contributed by atoms with Crippen molar-refractivity contribution in [1.82, 2.24) is 10.2 Å². The van der Waals surface area contributed by atoms with Crippen LogP contribution in [0.25, 0.3) is 0 Å². The molecule has 6 nitrogen and oxygen atoms in total. The number of urea groups is 1. The number of nitrogens with zero attached hydrogens (tertiary/aromatic N) is 1. The van der Waals surface area contributed by atoms with Crippen LogP contribution in [0.5, 0.6) is 0 Å². The van der Waals surface area contributed by atoms with Gasteiger partial charge in [-0.1, -0.05) is 6.92 Å². The van der Waals surface area contributed by atoms with E-state index in [0.29, 0.717) is 13.2 Å².